The van der Waals surface area contributed by atoms with Crippen LogP contribution in [0.3, 0.4) is 0 Å². The third-order valence-corrected chi connectivity index (χ3v) is 10.3. The monoisotopic (exact) mass is 661 g/mol. The molecule has 0 aliphatic heterocycles. The Morgan fingerprint density at radius 1 is 0.545 bits per heavy atom. The van der Waals surface area contributed by atoms with Gasteiger partial charge < -0.3 is 20.8 Å². The average molecular weight is 662 g/mol. The van der Waals surface area contributed by atoms with Crippen LogP contribution < -0.4 is 10.6 Å². The van der Waals surface area contributed by atoms with Crippen molar-refractivity contribution in [1.82, 2.24) is 15.5 Å². The molecule has 0 aliphatic rings. The SMILES string of the molecule is CC(CSSCC(C(=O)NCCCCCCCCCCCC(=O)O)N(C)C)C(=O)NCCCCCCCCCCCC(=O)O. The highest BCUT2D eigenvalue weighted by atomic mass is 33.1. The number of carboxylic acid groups (broad SMARTS) is 2. The number of carbonyl (C=O) groups excluding carboxylic acids is 2. The van der Waals surface area contributed by atoms with Gasteiger partial charge in [-0.3, -0.25) is 24.1 Å². The summed E-state index contributed by atoms with van der Waals surface area (Å²) in [6.45, 7) is 3.37. The summed E-state index contributed by atoms with van der Waals surface area (Å²) in [5.74, 6) is 0.0637. The predicted molar refractivity (Wildman–Crippen MR) is 185 cm³/mol. The van der Waals surface area contributed by atoms with Crippen molar-refractivity contribution in [2.75, 3.05) is 38.7 Å². The molecule has 2 atom stereocenters. The second kappa shape index (κ2) is 30.2. The average Bonchev–Trinajstić information content (AvgIpc) is 2.97. The van der Waals surface area contributed by atoms with E-state index < -0.39 is 11.9 Å². The zero-order valence-electron chi connectivity index (χ0n) is 27.9. The van der Waals surface area contributed by atoms with Crippen molar-refractivity contribution in [3.8, 4) is 0 Å². The molecule has 258 valence electrons. The Balaban J connectivity index is 3.77. The van der Waals surface area contributed by atoms with Crippen molar-refractivity contribution < 1.29 is 29.4 Å². The van der Waals surface area contributed by atoms with Gasteiger partial charge in [-0.05, 0) is 39.8 Å². The Morgan fingerprint density at radius 3 is 1.27 bits per heavy atom. The quantitative estimate of drug-likeness (QED) is 0.0438. The van der Waals surface area contributed by atoms with Gasteiger partial charge in [0, 0.05) is 43.4 Å². The fourth-order valence-corrected chi connectivity index (χ4v) is 7.49. The van der Waals surface area contributed by atoms with Crippen molar-refractivity contribution in [1.29, 1.82) is 0 Å². The first-order valence-electron chi connectivity index (χ1n) is 17.0. The molecule has 0 aromatic heterocycles. The van der Waals surface area contributed by atoms with E-state index in [4.69, 9.17) is 10.2 Å². The van der Waals surface area contributed by atoms with Crippen LogP contribution in [0.15, 0.2) is 0 Å². The van der Waals surface area contributed by atoms with E-state index >= 15 is 0 Å². The molecule has 0 saturated carbocycles. The van der Waals surface area contributed by atoms with Gasteiger partial charge in [0.15, 0.2) is 0 Å². The largest absolute Gasteiger partial charge is 0.481 e. The van der Waals surface area contributed by atoms with Crippen LogP contribution in [0, 0.1) is 5.92 Å². The molecule has 9 nitrogen and oxygen atoms in total. The highest BCUT2D eigenvalue weighted by Gasteiger charge is 2.21. The standard InChI is InChI=1S/C33H63N3O6S2/c1-28(32(41)34-24-20-16-12-8-4-6-10-14-18-22-30(37)38)26-43-44-27-29(36(2)3)33(42)35-25-21-17-13-9-5-7-11-15-19-23-31(39)40/h28-29H,4-27H2,1-3H3,(H,34,41)(H,35,42)(H,37,38)(H,39,40). The number of aliphatic carboxylic acids is 2. The zero-order valence-corrected chi connectivity index (χ0v) is 29.5. The van der Waals surface area contributed by atoms with Crippen molar-refractivity contribution in [2.45, 2.75) is 141 Å². The summed E-state index contributed by atoms with van der Waals surface area (Å²) in [5.41, 5.74) is 0. The van der Waals surface area contributed by atoms with Gasteiger partial charge >= 0.3 is 11.9 Å². The van der Waals surface area contributed by atoms with Crippen molar-refractivity contribution in [3.05, 3.63) is 0 Å². The molecule has 0 heterocycles. The van der Waals surface area contributed by atoms with Crippen LogP contribution in [-0.4, -0.2) is 83.6 Å². The van der Waals surface area contributed by atoms with Crippen LogP contribution in [0.1, 0.15) is 135 Å². The summed E-state index contributed by atoms with van der Waals surface area (Å²) in [5, 5.41) is 23.5. The molecule has 0 aromatic carbocycles. The van der Waals surface area contributed by atoms with Crippen molar-refractivity contribution in [3.63, 3.8) is 0 Å². The predicted octanol–water partition coefficient (Wildman–Crippen LogP) is 7.14. The molecule has 0 saturated heterocycles. The van der Waals surface area contributed by atoms with Crippen molar-refractivity contribution >= 4 is 45.3 Å². The topological polar surface area (TPSA) is 136 Å². The molecule has 2 amide bonds. The van der Waals surface area contributed by atoms with Crippen LogP contribution in [0.4, 0.5) is 0 Å². The van der Waals surface area contributed by atoms with E-state index in [1.165, 1.54) is 51.4 Å². The van der Waals surface area contributed by atoms with Gasteiger partial charge in [-0.25, -0.2) is 0 Å². The molecule has 11 heteroatoms. The fraction of sp³-hybridized carbons (Fsp3) is 0.879. The number of nitrogens with one attached hydrogen (secondary N) is 2. The van der Waals surface area contributed by atoms with Gasteiger partial charge in [-0.15, -0.1) is 0 Å². The Labute approximate surface area is 275 Å². The molecule has 0 aliphatic carbocycles. The van der Waals surface area contributed by atoms with Gasteiger partial charge in [-0.1, -0.05) is 118 Å². The number of likely N-dealkylation sites (N-methyl/N-ethyl adjacent to an activating group) is 1. The maximum absolute atomic E-state index is 12.7. The number of amides is 2. The molecule has 0 bridgehead atoms. The first kappa shape index (κ1) is 42.5. The Morgan fingerprint density at radius 2 is 0.886 bits per heavy atom. The maximum atomic E-state index is 12.7. The molecule has 4 N–H and O–H groups in total. The summed E-state index contributed by atoms with van der Waals surface area (Å²) in [6, 6.07) is -0.199. The minimum atomic E-state index is -0.705. The maximum Gasteiger partial charge on any atom is 0.303 e. The normalized spacial score (nSPS) is 12.6. The van der Waals surface area contributed by atoms with E-state index in [2.05, 4.69) is 10.6 Å². The summed E-state index contributed by atoms with van der Waals surface area (Å²) in [4.78, 5) is 48.1. The smallest absolute Gasteiger partial charge is 0.303 e. The molecule has 0 aromatic rings. The molecule has 2 unspecified atom stereocenters. The summed E-state index contributed by atoms with van der Waals surface area (Å²) < 4.78 is 0. The van der Waals surface area contributed by atoms with Gasteiger partial charge in [0.25, 0.3) is 0 Å². The number of hydrogen-bond donors (Lipinski definition) is 4. The van der Waals surface area contributed by atoms with Gasteiger partial charge in [0.1, 0.15) is 0 Å². The molecule has 0 spiro atoms. The van der Waals surface area contributed by atoms with Gasteiger partial charge in [-0.2, -0.15) is 0 Å². The second-order valence-electron chi connectivity index (χ2n) is 12.2. The van der Waals surface area contributed by atoms with E-state index in [1.54, 1.807) is 21.6 Å². The Bertz CT molecular complexity index is 757. The van der Waals surface area contributed by atoms with Crippen LogP contribution in [0.25, 0.3) is 0 Å². The molecular weight excluding hydrogens is 599 g/mol. The van der Waals surface area contributed by atoms with Crippen LogP contribution >= 0.6 is 21.6 Å². The molecule has 0 radical (unpaired) electrons. The lowest BCUT2D eigenvalue weighted by atomic mass is 10.1. The summed E-state index contributed by atoms with van der Waals surface area (Å²) in [6.07, 6.45) is 20.0. The Kier molecular flexibility index (Phi) is 29.2. The number of carboxylic acids is 2. The second-order valence-corrected chi connectivity index (χ2v) is 14.7. The van der Waals surface area contributed by atoms with E-state index in [0.717, 1.165) is 70.8 Å². The van der Waals surface area contributed by atoms with Crippen LogP contribution in [-0.2, 0) is 19.2 Å². The molecular formula is C33H63N3O6S2. The van der Waals surface area contributed by atoms with E-state index in [9.17, 15) is 19.2 Å². The van der Waals surface area contributed by atoms with E-state index in [1.807, 2.05) is 25.9 Å². The number of rotatable bonds is 32. The first-order valence-corrected chi connectivity index (χ1v) is 19.5. The minimum Gasteiger partial charge on any atom is -0.481 e. The number of unbranched alkanes of at least 4 members (excludes halogenated alkanes) is 16. The molecule has 0 rings (SSSR count). The van der Waals surface area contributed by atoms with E-state index in [0.29, 0.717) is 18.1 Å². The number of hydrogen-bond acceptors (Lipinski definition) is 7. The third kappa shape index (κ3) is 28.0. The zero-order chi connectivity index (χ0) is 32.8. The third-order valence-electron chi connectivity index (χ3n) is 7.73. The lowest BCUT2D eigenvalue weighted by Gasteiger charge is -2.23. The lowest BCUT2D eigenvalue weighted by molar-refractivity contribution is -0.138. The van der Waals surface area contributed by atoms with E-state index in [-0.39, 0.29) is 36.6 Å². The van der Waals surface area contributed by atoms with Crippen LogP contribution in [0.5, 0.6) is 0 Å². The molecule has 0 fully saturated rings. The summed E-state index contributed by atoms with van der Waals surface area (Å²) in [7, 11) is 7.16. The minimum absolute atomic E-state index is 0.0611. The van der Waals surface area contributed by atoms with Crippen LogP contribution in [0.2, 0.25) is 0 Å². The Hall–Kier alpha value is -1.46. The number of carbonyl (C=O) groups is 4. The fourth-order valence-electron chi connectivity index (χ4n) is 4.79. The summed E-state index contributed by atoms with van der Waals surface area (Å²) >= 11 is 0. The molecule has 44 heavy (non-hydrogen) atoms. The highest BCUT2D eigenvalue weighted by Crippen LogP contribution is 2.25. The number of nitrogens with zero attached hydrogens (tertiary/aromatic N) is 1. The highest BCUT2D eigenvalue weighted by molar-refractivity contribution is 8.76. The first-order chi connectivity index (χ1) is 21.1. The lowest BCUT2D eigenvalue weighted by Crippen LogP contribution is -2.45. The van der Waals surface area contributed by atoms with Crippen molar-refractivity contribution in [2.24, 2.45) is 5.92 Å². The van der Waals surface area contributed by atoms with Gasteiger partial charge in [0.2, 0.25) is 11.8 Å². The van der Waals surface area contributed by atoms with Gasteiger partial charge in [0.05, 0.1) is 6.04 Å².